The molecular weight excluding hydrogens is 664 g/mol. The number of aromatic hydroxyl groups is 1. The van der Waals surface area contributed by atoms with E-state index in [0.29, 0.717) is 40.1 Å². The third-order valence-electron chi connectivity index (χ3n) is 7.45. The van der Waals surface area contributed by atoms with Crippen molar-refractivity contribution in [2.75, 3.05) is 14.2 Å². The Kier molecular flexibility index (Phi) is 10.4. The summed E-state index contributed by atoms with van der Waals surface area (Å²) in [5, 5.41) is 20.6. The fourth-order valence-electron chi connectivity index (χ4n) is 5.32. The SMILES string of the molecule is COc1ccc(C(c2cccc(C)c2)c2cc(OC)c(C(C)C)cc2OC2=C(Br)CCC(CC(=O)O)C=C2Br)c(O)c1. The maximum Gasteiger partial charge on any atom is 0.303 e. The van der Waals surface area contributed by atoms with Crippen molar-refractivity contribution >= 4 is 37.8 Å². The number of hydrogen-bond acceptors (Lipinski definition) is 5. The highest BCUT2D eigenvalue weighted by atomic mass is 79.9. The van der Waals surface area contributed by atoms with Crippen LogP contribution in [0.25, 0.3) is 0 Å². The summed E-state index contributed by atoms with van der Waals surface area (Å²) in [6.07, 6.45) is 3.26. The summed E-state index contributed by atoms with van der Waals surface area (Å²) in [6.45, 7) is 6.24. The number of allylic oxidation sites excluding steroid dienone is 3. The Morgan fingerprint density at radius 2 is 1.71 bits per heavy atom. The molecule has 1 aliphatic carbocycles. The number of aliphatic carboxylic acids is 1. The van der Waals surface area contributed by atoms with Crippen LogP contribution in [0.2, 0.25) is 0 Å². The normalized spacial score (nSPS) is 16.1. The van der Waals surface area contributed by atoms with E-state index in [1.54, 1.807) is 20.3 Å². The lowest BCUT2D eigenvalue weighted by molar-refractivity contribution is -0.137. The second-order valence-corrected chi connectivity index (χ2v) is 12.6. The van der Waals surface area contributed by atoms with Crippen LogP contribution in [0.5, 0.6) is 23.0 Å². The molecule has 0 saturated carbocycles. The highest BCUT2D eigenvalue weighted by molar-refractivity contribution is 9.12. The molecule has 0 spiro atoms. The smallest absolute Gasteiger partial charge is 0.303 e. The number of hydrogen-bond donors (Lipinski definition) is 2. The Morgan fingerprint density at radius 3 is 2.33 bits per heavy atom. The van der Waals surface area contributed by atoms with E-state index >= 15 is 0 Å². The molecular formula is C34H36Br2O6. The molecule has 42 heavy (non-hydrogen) atoms. The summed E-state index contributed by atoms with van der Waals surface area (Å²) in [5.41, 5.74) is 4.54. The van der Waals surface area contributed by atoms with Gasteiger partial charge in [-0.1, -0.05) is 71.7 Å². The van der Waals surface area contributed by atoms with Crippen LogP contribution in [0.15, 0.2) is 75.4 Å². The van der Waals surface area contributed by atoms with E-state index in [4.69, 9.17) is 14.2 Å². The molecule has 0 fully saturated rings. The van der Waals surface area contributed by atoms with Gasteiger partial charge in [0, 0.05) is 33.2 Å². The van der Waals surface area contributed by atoms with Gasteiger partial charge in [0.25, 0.3) is 0 Å². The molecule has 2 unspecified atom stereocenters. The fourth-order valence-corrected chi connectivity index (χ4v) is 6.81. The lowest BCUT2D eigenvalue weighted by atomic mass is 9.82. The summed E-state index contributed by atoms with van der Waals surface area (Å²) in [5.74, 6) is 1.35. The number of ether oxygens (including phenoxy) is 3. The number of phenolic OH excluding ortho intramolecular Hbond substituents is 1. The van der Waals surface area contributed by atoms with Crippen LogP contribution in [0.3, 0.4) is 0 Å². The third kappa shape index (κ3) is 7.21. The third-order valence-corrected chi connectivity index (χ3v) is 8.83. The number of benzene rings is 3. The van der Waals surface area contributed by atoms with Gasteiger partial charge >= 0.3 is 5.97 Å². The molecule has 0 aromatic heterocycles. The highest BCUT2D eigenvalue weighted by Gasteiger charge is 2.29. The first-order valence-corrected chi connectivity index (χ1v) is 15.4. The van der Waals surface area contributed by atoms with E-state index in [1.807, 2.05) is 55.5 Å². The van der Waals surface area contributed by atoms with Crippen molar-refractivity contribution in [3.8, 4) is 23.0 Å². The number of phenols is 1. The van der Waals surface area contributed by atoms with E-state index in [2.05, 4.69) is 51.8 Å². The first kappa shape index (κ1) is 31.7. The molecule has 0 radical (unpaired) electrons. The van der Waals surface area contributed by atoms with E-state index in [0.717, 1.165) is 32.5 Å². The van der Waals surface area contributed by atoms with Crippen molar-refractivity contribution in [2.45, 2.75) is 51.9 Å². The largest absolute Gasteiger partial charge is 0.507 e. The van der Waals surface area contributed by atoms with Crippen LogP contribution in [0, 0.1) is 12.8 Å². The van der Waals surface area contributed by atoms with Gasteiger partial charge in [-0.25, -0.2) is 0 Å². The zero-order valence-corrected chi connectivity index (χ0v) is 27.6. The zero-order valence-electron chi connectivity index (χ0n) is 24.4. The predicted molar refractivity (Wildman–Crippen MR) is 172 cm³/mol. The predicted octanol–water partition coefficient (Wildman–Crippen LogP) is 9.17. The van der Waals surface area contributed by atoms with Gasteiger partial charge in [-0.05, 0) is 71.3 Å². The molecule has 0 amide bonds. The first-order valence-electron chi connectivity index (χ1n) is 13.8. The van der Waals surface area contributed by atoms with E-state index in [-0.39, 0.29) is 24.0 Å². The highest BCUT2D eigenvalue weighted by Crippen LogP contribution is 2.47. The van der Waals surface area contributed by atoms with E-state index in [1.165, 1.54) is 0 Å². The van der Waals surface area contributed by atoms with E-state index in [9.17, 15) is 15.0 Å². The van der Waals surface area contributed by atoms with Crippen molar-refractivity contribution < 1.29 is 29.2 Å². The van der Waals surface area contributed by atoms with Gasteiger partial charge in [-0.15, -0.1) is 0 Å². The molecule has 222 valence electrons. The molecule has 4 rings (SSSR count). The van der Waals surface area contributed by atoms with Gasteiger partial charge in [-0.2, -0.15) is 0 Å². The summed E-state index contributed by atoms with van der Waals surface area (Å²) in [7, 11) is 3.23. The molecule has 1 aliphatic rings. The van der Waals surface area contributed by atoms with Crippen LogP contribution >= 0.6 is 31.9 Å². The summed E-state index contributed by atoms with van der Waals surface area (Å²) in [6, 6.07) is 17.5. The molecule has 3 aromatic rings. The van der Waals surface area contributed by atoms with E-state index < -0.39 is 11.9 Å². The molecule has 2 N–H and O–H groups in total. The maximum atomic E-state index is 11.4. The van der Waals surface area contributed by atoms with Crippen LogP contribution < -0.4 is 14.2 Å². The summed E-state index contributed by atoms with van der Waals surface area (Å²) >= 11 is 7.39. The Hall–Kier alpha value is -3.23. The molecule has 8 heteroatoms. The molecule has 0 aliphatic heterocycles. The number of carboxylic acids is 1. The lowest BCUT2D eigenvalue weighted by Gasteiger charge is -2.26. The Morgan fingerprint density at radius 1 is 0.976 bits per heavy atom. The number of carboxylic acid groups (broad SMARTS) is 1. The van der Waals surface area contributed by atoms with Crippen molar-refractivity contribution in [1.82, 2.24) is 0 Å². The minimum Gasteiger partial charge on any atom is -0.507 e. The molecule has 6 nitrogen and oxygen atoms in total. The van der Waals surface area contributed by atoms with Crippen LogP contribution in [0.4, 0.5) is 0 Å². The van der Waals surface area contributed by atoms with Gasteiger partial charge in [0.1, 0.15) is 23.0 Å². The van der Waals surface area contributed by atoms with Gasteiger partial charge in [0.15, 0.2) is 5.76 Å². The Labute approximate surface area is 264 Å². The quantitative estimate of drug-likeness (QED) is 0.205. The van der Waals surface area contributed by atoms with Crippen molar-refractivity contribution in [3.05, 3.63) is 103 Å². The van der Waals surface area contributed by atoms with Crippen molar-refractivity contribution in [3.63, 3.8) is 0 Å². The summed E-state index contributed by atoms with van der Waals surface area (Å²) in [4.78, 5) is 11.4. The van der Waals surface area contributed by atoms with Gasteiger partial charge in [0.2, 0.25) is 0 Å². The number of carbonyl (C=O) groups is 1. The van der Waals surface area contributed by atoms with Crippen LogP contribution in [-0.4, -0.2) is 30.4 Å². The maximum absolute atomic E-state index is 11.4. The molecule has 3 aromatic carbocycles. The Balaban J connectivity index is 1.96. The van der Waals surface area contributed by atoms with Crippen molar-refractivity contribution in [2.24, 2.45) is 5.92 Å². The van der Waals surface area contributed by atoms with Crippen LogP contribution in [-0.2, 0) is 4.79 Å². The zero-order chi connectivity index (χ0) is 30.6. The number of rotatable bonds is 10. The van der Waals surface area contributed by atoms with Crippen LogP contribution in [0.1, 0.15) is 72.8 Å². The number of halogens is 2. The molecule has 0 saturated heterocycles. The van der Waals surface area contributed by atoms with Gasteiger partial charge in [0.05, 0.1) is 25.1 Å². The first-order chi connectivity index (χ1) is 20.0. The molecule has 0 heterocycles. The minimum absolute atomic E-state index is 0.0418. The fraction of sp³-hybridized carbons (Fsp3) is 0.324. The second kappa shape index (κ2) is 13.8. The average molecular weight is 700 g/mol. The lowest BCUT2D eigenvalue weighted by Crippen LogP contribution is -2.10. The standard InChI is InChI=1S/C34H36Br2O6/c1-19(2)25-17-31(42-34-27(35)12-9-21(14-28(34)36)15-32(38)39)26(18-30(25)41-5)33(22-8-6-7-20(3)13-22)24-11-10-23(40-4)16-29(24)37/h6-8,10-11,13-14,16-19,21,33,37H,9,12,15H2,1-5H3,(H,38,39). The average Bonchev–Trinajstić information content (AvgIpc) is 3.07. The monoisotopic (exact) mass is 698 g/mol. The summed E-state index contributed by atoms with van der Waals surface area (Å²) < 4.78 is 19.6. The number of aryl methyl sites for hydroxylation is 1. The Bertz CT molecular complexity index is 1520. The minimum atomic E-state index is -0.837. The topological polar surface area (TPSA) is 85.2 Å². The van der Waals surface area contributed by atoms with Crippen molar-refractivity contribution in [1.29, 1.82) is 0 Å². The molecule has 2 atom stereocenters. The van der Waals surface area contributed by atoms with Gasteiger partial charge < -0.3 is 24.4 Å². The van der Waals surface area contributed by atoms with Gasteiger partial charge in [-0.3, -0.25) is 4.79 Å². The molecule has 0 bridgehead atoms. The number of methoxy groups -OCH3 is 2. The second-order valence-electron chi connectivity index (χ2n) is 10.8.